The third kappa shape index (κ3) is 4.83. The zero-order chi connectivity index (χ0) is 16.7. The standard InChI is InChI=1S/C16H26N4O3/c1-2-23-16(22)20-12-10-19(11-13-20)15(21)14-4-8-18(9-5-14)7-3-6-17/h14H,2-5,7-13H2,1H3. The lowest BCUT2D eigenvalue weighted by Crippen LogP contribution is -2.53. The van der Waals surface area contributed by atoms with Crippen molar-refractivity contribution in [1.29, 1.82) is 5.26 Å². The van der Waals surface area contributed by atoms with E-state index in [1.807, 2.05) is 4.90 Å². The van der Waals surface area contributed by atoms with Gasteiger partial charge in [0.15, 0.2) is 0 Å². The second kappa shape index (κ2) is 8.73. The van der Waals surface area contributed by atoms with Crippen LogP contribution in [0.3, 0.4) is 0 Å². The number of likely N-dealkylation sites (tertiary alicyclic amines) is 1. The minimum absolute atomic E-state index is 0.0856. The molecule has 0 saturated carbocycles. The van der Waals surface area contributed by atoms with Crippen molar-refractivity contribution in [3.8, 4) is 6.07 Å². The van der Waals surface area contributed by atoms with Crippen molar-refractivity contribution in [2.75, 3.05) is 52.4 Å². The summed E-state index contributed by atoms with van der Waals surface area (Å²) < 4.78 is 4.99. The number of piperidine rings is 1. The average Bonchev–Trinajstić information content (AvgIpc) is 2.60. The third-order valence-corrected chi connectivity index (χ3v) is 4.59. The van der Waals surface area contributed by atoms with Gasteiger partial charge in [-0.1, -0.05) is 0 Å². The van der Waals surface area contributed by atoms with E-state index in [0.29, 0.717) is 39.2 Å². The molecule has 7 heteroatoms. The number of hydrogen-bond donors (Lipinski definition) is 0. The van der Waals surface area contributed by atoms with E-state index in [2.05, 4.69) is 11.0 Å². The van der Waals surface area contributed by atoms with Gasteiger partial charge in [0, 0.05) is 45.1 Å². The van der Waals surface area contributed by atoms with Crippen molar-refractivity contribution in [3.63, 3.8) is 0 Å². The van der Waals surface area contributed by atoms with E-state index in [1.165, 1.54) is 0 Å². The monoisotopic (exact) mass is 322 g/mol. The lowest BCUT2D eigenvalue weighted by Gasteiger charge is -2.38. The lowest BCUT2D eigenvalue weighted by molar-refractivity contribution is -0.138. The van der Waals surface area contributed by atoms with Crippen LogP contribution < -0.4 is 0 Å². The maximum Gasteiger partial charge on any atom is 0.409 e. The molecule has 0 atom stereocenters. The molecule has 0 bridgehead atoms. The molecule has 128 valence electrons. The zero-order valence-electron chi connectivity index (χ0n) is 13.9. The summed E-state index contributed by atoms with van der Waals surface area (Å²) in [7, 11) is 0. The number of rotatable bonds is 4. The lowest BCUT2D eigenvalue weighted by atomic mass is 9.95. The van der Waals surface area contributed by atoms with Crippen LogP contribution in [0.2, 0.25) is 0 Å². The first-order valence-corrected chi connectivity index (χ1v) is 8.45. The number of nitriles is 1. The van der Waals surface area contributed by atoms with Gasteiger partial charge in [-0.2, -0.15) is 5.26 Å². The number of nitrogens with zero attached hydrogens (tertiary/aromatic N) is 4. The Morgan fingerprint density at radius 3 is 2.26 bits per heavy atom. The number of carbonyl (C=O) groups is 2. The van der Waals surface area contributed by atoms with Gasteiger partial charge in [0.1, 0.15) is 0 Å². The molecule has 7 nitrogen and oxygen atoms in total. The van der Waals surface area contributed by atoms with Crippen LogP contribution in [0.1, 0.15) is 26.2 Å². The Hall–Kier alpha value is -1.81. The van der Waals surface area contributed by atoms with Crippen molar-refractivity contribution in [2.45, 2.75) is 26.2 Å². The summed E-state index contributed by atoms with van der Waals surface area (Å²) in [6, 6.07) is 2.16. The highest BCUT2D eigenvalue weighted by Crippen LogP contribution is 2.20. The van der Waals surface area contributed by atoms with Gasteiger partial charge in [0.25, 0.3) is 0 Å². The van der Waals surface area contributed by atoms with Gasteiger partial charge in [-0.15, -0.1) is 0 Å². The highest BCUT2D eigenvalue weighted by Gasteiger charge is 2.31. The molecular formula is C16H26N4O3. The quantitative estimate of drug-likeness (QED) is 0.769. The largest absolute Gasteiger partial charge is 0.450 e. The summed E-state index contributed by atoms with van der Waals surface area (Å²) in [5.74, 6) is 0.302. The molecule has 0 aromatic heterocycles. The second-order valence-electron chi connectivity index (χ2n) is 6.04. The molecule has 2 fully saturated rings. The number of carbonyl (C=O) groups excluding carboxylic acids is 2. The highest BCUT2D eigenvalue weighted by molar-refractivity contribution is 5.79. The Morgan fingerprint density at radius 1 is 1.09 bits per heavy atom. The summed E-state index contributed by atoms with van der Waals surface area (Å²) in [5.41, 5.74) is 0. The SMILES string of the molecule is CCOC(=O)N1CCN(C(=O)C2CCN(CCC#N)CC2)CC1. The number of ether oxygens (including phenoxy) is 1. The zero-order valence-corrected chi connectivity index (χ0v) is 13.9. The molecule has 2 heterocycles. The van der Waals surface area contributed by atoms with Gasteiger partial charge >= 0.3 is 6.09 Å². The van der Waals surface area contributed by atoms with Crippen molar-refractivity contribution in [2.24, 2.45) is 5.92 Å². The molecule has 2 aliphatic rings. The van der Waals surface area contributed by atoms with Crippen LogP contribution in [-0.4, -0.2) is 79.1 Å². The molecule has 2 aliphatic heterocycles. The molecule has 0 aromatic carbocycles. The number of amides is 2. The minimum Gasteiger partial charge on any atom is -0.450 e. The van der Waals surface area contributed by atoms with Gasteiger partial charge < -0.3 is 19.4 Å². The van der Waals surface area contributed by atoms with Gasteiger partial charge in [-0.3, -0.25) is 4.79 Å². The normalized spacial score (nSPS) is 20.2. The maximum atomic E-state index is 12.6. The maximum absolute atomic E-state index is 12.6. The summed E-state index contributed by atoms with van der Waals surface area (Å²) in [6.45, 7) is 7.02. The molecule has 0 spiro atoms. The van der Waals surface area contributed by atoms with Crippen LogP contribution in [0, 0.1) is 17.2 Å². The van der Waals surface area contributed by atoms with E-state index in [1.54, 1.807) is 11.8 Å². The van der Waals surface area contributed by atoms with Crippen LogP contribution in [0.5, 0.6) is 0 Å². The van der Waals surface area contributed by atoms with Crippen molar-refractivity contribution in [1.82, 2.24) is 14.7 Å². The van der Waals surface area contributed by atoms with Crippen LogP contribution in [0.25, 0.3) is 0 Å². The van der Waals surface area contributed by atoms with Gasteiger partial charge in [-0.25, -0.2) is 4.79 Å². The van der Waals surface area contributed by atoms with Crippen LogP contribution in [0.4, 0.5) is 4.79 Å². The highest BCUT2D eigenvalue weighted by atomic mass is 16.6. The molecule has 0 aromatic rings. The van der Waals surface area contributed by atoms with E-state index in [0.717, 1.165) is 32.5 Å². The molecule has 2 rings (SSSR count). The fourth-order valence-electron chi connectivity index (χ4n) is 3.19. The van der Waals surface area contributed by atoms with E-state index in [9.17, 15) is 9.59 Å². The first kappa shape index (κ1) is 17.5. The molecular weight excluding hydrogens is 296 g/mol. The Morgan fingerprint density at radius 2 is 1.70 bits per heavy atom. The van der Waals surface area contributed by atoms with Crippen molar-refractivity contribution >= 4 is 12.0 Å². The molecule has 2 amide bonds. The predicted molar refractivity (Wildman–Crippen MR) is 84.6 cm³/mol. The summed E-state index contributed by atoms with van der Waals surface area (Å²) in [6.07, 6.45) is 1.99. The topological polar surface area (TPSA) is 76.9 Å². The van der Waals surface area contributed by atoms with Crippen LogP contribution in [0.15, 0.2) is 0 Å². The Kier molecular flexibility index (Phi) is 6.66. The molecule has 0 radical (unpaired) electrons. The predicted octanol–water partition coefficient (Wildman–Crippen LogP) is 0.913. The molecule has 0 N–H and O–H groups in total. The summed E-state index contributed by atoms with van der Waals surface area (Å²) >= 11 is 0. The van der Waals surface area contributed by atoms with Gasteiger partial charge in [-0.05, 0) is 32.9 Å². The molecule has 23 heavy (non-hydrogen) atoms. The Balaban J connectivity index is 1.73. The van der Waals surface area contributed by atoms with E-state index in [4.69, 9.17) is 10.00 Å². The van der Waals surface area contributed by atoms with E-state index < -0.39 is 0 Å². The van der Waals surface area contributed by atoms with Crippen molar-refractivity contribution in [3.05, 3.63) is 0 Å². The minimum atomic E-state index is -0.287. The first-order valence-electron chi connectivity index (χ1n) is 8.45. The fourth-order valence-corrected chi connectivity index (χ4v) is 3.19. The third-order valence-electron chi connectivity index (χ3n) is 4.59. The van der Waals surface area contributed by atoms with Crippen molar-refractivity contribution < 1.29 is 14.3 Å². The number of hydrogen-bond acceptors (Lipinski definition) is 5. The van der Waals surface area contributed by atoms with E-state index >= 15 is 0 Å². The van der Waals surface area contributed by atoms with Gasteiger partial charge in [0.2, 0.25) is 5.91 Å². The van der Waals surface area contributed by atoms with Gasteiger partial charge in [0.05, 0.1) is 12.7 Å². The smallest absolute Gasteiger partial charge is 0.409 e. The fraction of sp³-hybridized carbons (Fsp3) is 0.812. The summed E-state index contributed by atoms with van der Waals surface area (Å²) in [5, 5.41) is 8.63. The Labute approximate surface area is 137 Å². The average molecular weight is 322 g/mol. The summed E-state index contributed by atoms with van der Waals surface area (Å²) in [4.78, 5) is 30.1. The molecule has 0 unspecified atom stereocenters. The number of piperazine rings is 1. The van der Waals surface area contributed by atoms with E-state index in [-0.39, 0.29) is 17.9 Å². The van der Waals surface area contributed by atoms with Crippen LogP contribution in [-0.2, 0) is 9.53 Å². The molecule has 0 aliphatic carbocycles. The molecule has 2 saturated heterocycles. The second-order valence-corrected chi connectivity index (χ2v) is 6.04. The van der Waals surface area contributed by atoms with Crippen LogP contribution >= 0.6 is 0 Å². The first-order chi connectivity index (χ1) is 11.2. The Bertz CT molecular complexity index is 447.